The minimum Gasteiger partial charge on any atom is -0.332 e. The number of piperazine rings is 1. The lowest BCUT2D eigenvalue weighted by Crippen LogP contribution is -2.55. The van der Waals surface area contributed by atoms with E-state index in [-0.39, 0.29) is 23.7 Å². The van der Waals surface area contributed by atoms with Gasteiger partial charge in [0.25, 0.3) is 11.8 Å². The predicted molar refractivity (Wildman–Crippen MR) is 149 cm³/mol. The molecule has 1 aliphatic heterocycles. The smallest absolute Gasteiger partial charge is 0.293 e. The fourth-order valence-electron chi connectivity index (χ4n) is 5.89. The summed E-state index contributed by atoms with van der Waals surface area (Å²) in [6, 6.07) is 12.9. The molecule has 2 aromatic heterocycles. The number of hydrogen-bond acceptors (Lipinski definition) is 5. The van der Waals surface area contributed by atoms with Crippen molar-refractivity contribution >= 4 is 34.4 Å². The fraction of sp³-hybridized carbons (Fsp3) is 0.414. The molecule has 2 fully saturated rings. The highest BCUT2D eigenvalue weighted by Crippen LogP contribution is 2.29. The molecule has 2 aliphatic rings. The lowest BCUT2D eigenvalue weighted by Gasteiger charge is -2.39. The molecular formula is C29H32ClN7O2. The molecule has 1 saturated carbocycles. The van der Waals surface area contributed by atoms with Crippen molar-refractivity contribution in [3.8, 4) is 5.69 Å². The predicted octanol–water partition coefficient (Wildman–Crippen LogP) is 4.53. The van der Waals surface area contributed by atoms with Crippen LogP contribution >= 0.6 is 11.6 Å². The molecule has 10 heteroatoms. The molecule has 1 aliphatic carbocycles. The molecule has 9 nitrogen and oxygen atoms in total. The van der Waals surface area contributed by atoms with Gasteiger partial charge in [0, 0.05) is 49.7 Å². The van der Waals surface area contributed by atoms with Crippen LogP contribution in [-0.4, -0.2) is 71.6 Å². The Labute approximate surface area is 232 Å². The van der Waals surface area contributed by atoms with Gasteiger partial charge in [0.2, 0.25) is 5.82 Å². The second-order valence-corrected chi connectivity index (χ2v) is 11.2. The van der Waals surface area contributed by atoms with Gasteiger partial charge in [-0.2, -0.15) is 0 Å². The largest absolute Gasteiger partial charge is 0.332 e. The molecule has 202 valence electrons. The van der Waals surface area contributed by atoms with Gasteiger partial charge in [-0.15, -0.1) is 5.10 Å². The summed E-state index contributed by atoms with van der Waals surface area (Å²) in [5.74, 6) is 1.63. The highest BCUT2D eigenvalue weighted by atomic mass is 35.5. The first-order valence-electron chi connectivity index (χ1n) is 13.6. The zero-order valence-corrected chi connectivity index (χ0v) is 23.0. The van der Waals surface area contributed by atoms with E-state index >= 15 is 0 Å². The van der Waals surface area contributed by atoms with E-state index in [0.29, 0.717) is 36.1 Å². The molecule has 1 saturated heterocycles. The second-order valence-electron chi connectivity index (χ2n) is 10.7. The number of hydrogen-bond donors (Lipinski definition) is 0. The van der Waals surface area contributed by atoms with Gasteiger partial charge in [0.05, 0.1) is 16.7 Å². The lowest BCUT2D eigenvalue weighted by molar-refractivity contribution is 0.0408. The summed E-state index contributed by atoms with van der Waals surface area (Å²) >= 11 is 6.08. The third-order valence-corrected chi connectivity index (χ3v) is 8.33. The van der Waals surface area contributed by atoms with Crippen LogP contribution in [0, 0.1) is 5.92 Å². The number of nitrogens with zero attached hydrogens (tertiary/aromatic N) is 7. The molecule has 0 bridgehead atoms. The second kappa shape index (κ2) is 10.4. The molecule has 6 rings (SSSR count). The highest BCUT2D eigenvalue weighted by molar-refractivity contribution is 6.30. The maximum atomic E-state index is 13.5. The van der Waals surface area contributed by atoms with Crippen molar-refractivity contribution in [1.29, 1.82) is 0 Å². The number of imidazole rings is 1. The summed E-state index contributed by atoms with van der Waals surface area (Å²) in [5.41, 5.74) is 3.27. The van der Waals surface area contributed by atoms with E-state index in [0.717, 1.165) is 29.0 Å². The number of halogens is 1. The Balaban J connectivity index is 1.13. The third kappa shape index (κ3) is 5.03. The molecule has 2 amide bonds. The minimum atomic E-state index is -0.251. The summed E-state index contributed by atoms with van der Waals surface area (Å²) in [6.45, 7) is 3.23. The molecule has 0 spiro atoms. The van der Waals surface area contributed by atoms with Crippen LogP contribution in [0.4, 0.5) is 0 Å². The van der Waals surface area contributed by atoms with Crippen molar-refractivity contribution in [2.45, 2.75) is 45.1 Å². The van der Waals surface area contributed by atoms with Gasteiger partial charge in [0.1, 0.15) is 12.2 Å². The van der Waals surface area contributed by atoms with E-state index in [1.165, 1.54) is 36.7 Å². The molecular weight excluding hydrogens is 514 g/mol. The number of aryl methyl sites for hydroxylation is 1. The number of amides is 2. The van der Waals surface area contributed by atoms with E-state index in [2.05, 4.69) is 21.7 Å². The van der Waals surface area contributed by atoms with E-state index in [9.17, 15) is 9.59 Å². The van der Waals surface area contributed by atoms with Crippen molar-refractivity contribution in [2.24, 2.45) is 13.0 Å². The Kier molecular flexibility index (Phi) is 6.85. The van der Waals surface area contributed by atoms with Crippen LogP contribution in [0.3, 0.4) is 0 Å². The number of carbonyl (C=O) groups excluding carboxylic acids is 2. The average molecular weight is 546 g/mol. The Morgan fingerprint density at radius 1 is 1.05 bits per heavy atom. The minimum absolute atomic E-state index is 0.0390. The zero-order chi connectivity index (χ0) is 27.1. The normalized spacial score (nSPS) is 18.3. The summed E-state index contributed by atoms with van der Waals surface area (Å²) in [5, 5.41) is 4.94. The van der Waals surface area contributed by atoms with Crippen molar-refractivity contribution in [1.82, 2.24) is 34.1 Å². The average Bonchev–Trinajstić information content (AvgIpc) is 3.69. The van der Waals surface area contributed by atoms with Crippen molar-refractivity contribution < 1.29 is 9.59 Å². The van der Waals surface area contributed by atoms with Crippen LogP contribution < -0.4 is 0 Å². The van der Waals surface area contributed by atoms with Gasteiger partial charge in [-0.1, -0.05) is 43.4 Å². The summed E-state index contributed by atoms with van der Waals surface area (Å²) < 4.78 is 3.70. The molecule has 39 heavy (non-hydrogen) atoms. The first-order valence-corrected chi connectivity index (χ1v) is 14.0. The molecule has 1 atom stereocenters. The van der Waals surface area contributed by atoms with Gasteiger partial charge in [-0.3, -0.25) is 9.59 Å². The molecule has 0 radical (unpaired) electrons. The van der Waals surface area contributed by atoms with Crippen LogP contribution in [0.15, 0.2) is 48.8 Å². The number of fused-ring (bicyclic) bond motifs is 1. The molecule has 0 N–H and O–H groups in total. The van der Waals surface area contributed by atoms with Gasteiger partial charge in [-0.25, -0.2) is 14.6 Å². The van der Waals surface area contributed by atoms with E-state index in [1.807, 2.05) is 42.2 Å². The van der Waals surface area contributed by atoms with Crippen LogP contribution in [0.2, 0.25) is 5.02 Å². The maximum absolute atomic E-state index is 13.5. The van der Waals surface area contributed by atoms with Crippen LogP contribution in [0.25, 0.3) is 16.7 Å². The first kappa shape index (κ1) is 25.6. The topological polar surface area (TPSA) is 89.2 Å². The Bertz CT molecular complexity index is 1540. The Morgan fingerprint density at radius 3 is 2.64 bits per heavy atom. The van der Waals surface area contributed by atoms with Crippen molar-refractivity contribution in [3.63, 3.8) is 0 Å². The number of benzene rings is 2. The standard InChI is InChI=1S/C29H32ClN7O2/c1-19-17-35(29(39)27-31-18-37(33-27)23-9-5-8-22(30)16-23)12-13-36(19)28(38)21-10-11-25-24(15-21)32-26(34(25)2)14-20-6-3-4-7-20/h5,8-11,15-16,18-20H,3-4,6-7,12-14,17H2,1-2H3. The van der Waals surface area contributed by atoms with Crippen LogP contribution in [-0.2, 0) is 13.5 Å². The summed E-state index contributed by atoms with van der Waals surface area (Å²) in [7, 11) is 2.06. The molecule has 1 unspecified atom stereocenters. The van der Waals surface area contributed by atoms with Gasteiger partial charge >= 0.3 is 0 Å². The number of rotatable bonds is 5. The molecule has 4 aromatic rings. The molecule has 2 aromatic carbocycles. The lowest BCUT2D eigenvalue weighted by atomic mass is 10.0. The highest BCUT2D eigenvalue weighted by Gasteiger charge is 2.32. The van der Waals surface area contributed by atoms with E-state index in [4.69, 9.17) is 16.6 Å². The summed E-state index contributed by atoms with van der Waals surface area (Å²) in [6.07, 6.45) is 7.68. The van der Waals surface area contributed by atoms with Gasteiger partial charge in [-0.05, 0) is 49.2 Å². The van der Waals surface area contributed by atoms with Crippen LogP contribution in [0.1, 0.15) is 59.4 Å². The number of carbonyl (C=O) groups is 2. The molecule has 3 heterocycles. The number of aromatic nitrogens is 5. The maximum Gasteiger partial charge on any atom is 0.293 e. The quantitative estimate of drug-likeness (QED) is 0.368. The monoisotopic (exact) mass is 545 g/mol. The van der Waals surface area contributed by atoms with Crippen molar-refractivity contribution in [3.05, 3.63) is 71.0 Å². The van der Waals surface area contributed by atoms with E-state index in [1.54, 1.807) is 17.0 Å². The van der Waals surface area contributed by atoms with Gasteiger partial charge < -0.3 is 14.4 Å². The van der Waals surface area contributed by atoms with Crippen LogP contribution in [0.5, 0.6) is 0 Å². The fourth-order valence-corrected chi connectivity index (χ4v) is 6.08. The Hall–Kier alpha value is -3.72. The van der Waals surface area contributed by atoms with Crippen molar-refractivity contribution in [2.75, 3.05) is 19.6 Å². The first-order chi connectivity index (χ1) is 18.9. The van der Waals surface area contributed by atoms with Gasteiger partial charge in [0.15, 0.2) is 0 Å². The Morgan fingerprint density at radius 2 is 1.87 bits per heavy atom. The third-order valence-electron chi connectivity index (χ3n) is 8.10. The zero-order valence-electron chi connectivity index (χ0n) is 22.3. The summed E-state index contributed by atoms with van der Waals surface area (Å²) in [4.78, 5) is 39.3. The SMILES string of the molecule is CC1CN(C(=O)c2ncn(-c3cccc(Cl)c3)n2)CCN1C(=O)c1ccc2c(c1)nc(CC1CCCC1)n2C. The van der Waals surface area contributed by atoms with E-state index < -0.39 is 0 Å².